The van der Waals surface area contributed by atoms with Crippen LogP contribution in [0.4, 0.5) is 19.0 Å². The number of hydrogen-bond donors (Lipinski definition) is 2. The Hall–Kier alpha value is -3.89. The highest BCUT2D eigenvalue weighted by Gasteiger charge is 2.55. The minimum atomic E-state index is -4.66. The highest BCUT2D eigenvalue weighted by Crippen LogP contribution is 2.37. The van der Waals surface area contributed by atoms with Gasteiger partial charge in [0.1, 0.15) is 24.2 Å². The molecule has 3 aliphatic heterocycles. The molecule has 0 radical (unpaired) electrons. The largest absolute Gasteiger partial charge is 0.492 e. The molecule has 4 heterocycles. The molecule has 2 unspecified atom stereocenters. The standard InChI is InChI=1S/C28H32F3N7O3/c1-18-7-8-38(22-16-34-35-26(39)25(22)28(29,30)31)23(18)17-41-21-4-2-3-20(13-21)27(40)37-11-9-36(10-12-37)24-6-5-19(14-32)15-33-24/h2-6,13,15,18,22-23,25,34H,7-12,16-17H2,1H3,(H,35,39)/t18-,22?,23-,25?/m1/s1. The number of anilines is 1. The van der Waals surface area contributed by atoms with Crippen LogP contribution in [-0.2, 0) is 4.79 Å². The van der Waals surface area contributed by atoms with Gasteiger partial charge in [0.25, 0.3) is 5.91 Å². The number of hydrogen-bond acceptors (Lipinski definition) is 8. The molecular weight excluding hydrogens is 539 g/mol. The number of benzene rings is 1. The summed E-state index contributed by atoms with van der Waals surface area (Å²) in [6, 6.07) is 11.0. The first-order valence-corrected chi connectivity index (χ1v) is 13.6. The molecule has 2 aromatic rings. The smallest absolute Gasteiger partial charge is 0.402 e. The minimum Gasteiger partial charge on any atom is -0.492 e. The lowest BCUT2D eigenvalue weighted by molar-refractivity contribution is -0.201. The molecule has 13 heteroatoms. The van der Waals surface area contributed by atoms with Gasteiger partial charge in [0, 0.05) is 56.6 Å². The molecule has 0 saturated carbocycles. The Kier molecular flexibility index (Phi) is 8.32. The van der Waals surface area contributed by atoms with Crippen LogP contribution in [-0.4, -0.2) is 90.7 Å². The van der Waals surface area contributed by atoms with E-state index in [1.54, 1.807) is 46.2 Å². The number of pyridine rings is 1. The first kappa shape index (κ1) is 28.6. The van der Waals surface area contributed by atoms with Crippen molar-refractivity contribution in [1.82, 2.24) is 25.6 Å². The maximum absolute atomic E-state index is 13.8. The zero-order valence-electron chi connectivity index (χ0n) is 22.6. The summed E-state index contributed by atoms with van der Waals surface area (Å²) < 4.78 is 47.4. The minimum absolute atomic E-state index is 0.0162. The Morgan fingerprint density at radius 1 is 1.17 bits per heavy atom. The van der Waals surface area contributed by atoms with Gasteiger partial charge < -0.3 is 14.5 Å². The van der Waals surface area contributed by atoms with Crippen molar-refractivity contribution >= 4 is 17.6 Å². The second-order valence-corrected chi connectivity index (χ2v) is 10.7. The highest BCUT2D eigenvalue weighted by molar-refractivity contribution is 5.94. The number of amides is 2. The SMILES string of the molecule is C[C@@H]1CCN(C2CNNC(=O)C2C(F)(F)F)[C@@H]1COc1cccc(C(=O)N2CCN(c3ccc(C#N)cn3)CC2)c1. The third-order valence-electron chi connectivity index (χ3n) is 8.16. The second kappa shape index (κ2) is 11.9. The number of carbonyl (C=O) groups excluding carboxylic acids is 2. The highest BCUT2D eigenvalue weighted by atomic mass is 19.4. The molecule has 218 valence electrons. The first-order chi connectivity index (χ1) is 19.7. The van der Waals surface area contributed by atoms with Crippen molar-refractivity contribution in [2.24, 2.45) is 11.8 Å². The molecule has 4 atom stereocenters. The number of nitriles is 1. The van der Waals surface area contributed by atoms with Gasteiger partial charge in [0.2, 0.25) is 5.91 Å². The van der Waals surface area contributed by atoms with Crippen LogP contribution in [0.2, 0.25) is 0 Å². The van der Waals surface area contributed by atoms with Crippen molar-refractivity contribution in [2.75, 3.05) is 50.8 Å². The number of piperazine rings is 1. The van der Waals surface area contributed by atoms with E-state index in [4.69, 9.17) is 10.00 Å². The molecule has 41 heavy (non-hydrogen) atoms. The van der Waals surface area contributed by atoms with E-state index in [0.717, 1.165) is 5.82 Å². The fourth-order valence-corrected chi connectivity index (χ4v) is 5.86. The van der Waals surface area contributed by atoms with E-state index in [2.05, 4.69) is 20.7 Å². The Balaban J connectivity index is 1.20. The van der Waals surface area contributed by atoms with Crippen molar-refractivity contribution < 1.29 is 27.5 Å². The number of nitrogens with zero attached hydrogens (tertiary/aromatic N) is 5. The van der Waals surface area contributed by atoms with Crippen LogP contribution in [0.25, 0.3) is 0 Å². The van der Waals surface area contributed by atoms with E-state index in [0.29, 0.717) is 56.0 Å². The number of aromatic nitrogens is 1. The number of alkyl halides is 3. The van der Waals surface area contributed by atoms with Gasteiger partial charge in [-0.05, 0) is 49.2 Å². The molecule has 1 aromatic carbocycles. The van der Waals surface area contributed by atoms with Crippen LogP contribution in [0, 0.1) is 23.2 Å². The van der Waals surface area contributed by atoms with Gasteiger partial charge in [-0.1, -0.05) is 13.0 Å². The van der Waals surface area contributed by atoms with E-state index in [9.17, 15) is 22.8 Å². The number of nitrogens with one attached hydrogen (secondary N) is 2. The number of hydrazine groups is 1. The maximum Gasteiger partial charge on any atom is 0.402 e. The lowest BCUT2D eigenvalue weighted by Crippen LogP contribution is -2.65. The molecule has 0 spiro atoms. The molecule has 3 aliphatic rings. The van der Waals surface area contributed by atoms with E-state index < -0.39 is 24.0 Å². The van der Waals surface area contributed by atoms with Crippen molar-refractivity contribution in [3.05, 3.63) is 53.7 Å². The Labute approximate surface area is 236 Å². The van der Waals surface area contributed by atoms with E-state index in [1.807, 2.05) is 13.0 Å². The maximum atomic E-state index is 13.8. The zero-order chi connectivity index (χ0) is 29.1. The molecule has 1 aromatic heterocycles. The normalized spacial score (nSPS) is 25.5. The number of rotatable bonds is 6. The van der Waals surface area contributed by atoms with Crippen molar-refractivity contribution in [3.63, 3.8) is 0 Å². The van der Waals surface area contributed by atoms with E-state index >= 15 is 0 Å². The molecule has 0 aliphatic carbocycles. The van der Waals surface area contributed by atoms with E-state index in [1.165, 1.54) is 6.20 Å². The molecular formula is C28H32F3N7O3. The van der Waals surface area contributed by atoms with Crippen LogP contribution in [0.1, 0.15) is 29.3 Å². The van der Waals surface area contributed by atoms with Gasteiger partial charge in [-0.3, -0.25) is 19.9 Å². The van der Waals surface area contributed by atoms with Crippen molar-refractivity contribution in [2.45, 2.75) is 31.6 Å². The average molecular weight is 572 g/mol. The van der Waals surface area contributed by atoms with Crippen LogP contribution >= 0.6 is 0 Å². The summed E-state index contributed by atoms with van der Waals surface area (Å²) in [4.78, 5) is 35.3. The monoisotopic (exact) mass is 571 g/mol. The molecule has 2 N–H and O–H groups in total. The third-order valence-corrected chi connectivity index (χ3v) is 8.16. The van der Waals surface area contributed by atoms with Crippen LogP contribution in [0.3, 0.4) is 0 Å². The summed E-state index contributed by atoms with van der Waals surface area (Å²) in [5, 5.41) is 8.96. The Bertz CT molecular complexity index is 1290. The predicted octanol–water partition coefficient (Wildman–Crippen LogP) is 2.19. The quantitative estimate of drug-likeness (QED) is 0.543. The Morgan fingerprint density at radius 3 is 2.63 bits per heavy atom. The number of carbonyl (C=O) groups is 2. The molecule has 5 rings (SSSR count). The summed E-state index contributed by atoms with van der Waals surface area (Å²) in [6.45, 7) is 4.73. The van der Waals surface area contributed by atoms with Crippen molar-refractivity contribution in [1.29, 1.82) is 5.26 Å². The molecule has 0 bridgehead atoms. The zero-order valence-corrected chi connectivity index (χ0v) is 22.6. The molecule has 3 fully saturated rings. The fraction of sp³-hybridized carbons (Fsp3) is 0.500. The number of halogens is 3. The fourth-order valence-electron chi connectivity index (χ4n) is 5.86. The lowest BCUT2D eigenvalue weighted by Gasteiger charge is -2.41. The predicted molar refractivity (Wildman–Crippen MR) is 143 cm³/mol. The number of ether oxygens (including phenoxy) is 1. The number of likely N-dealkylation sites (tertiary alicyclic amines) is 1. The summed E-state index contributed by atoms with van der Waals surface area (Å²) in [7, 11) is 0. The van der Waals surface area contributed by atoms with Crippen LogP contribution in [0.5, 0.6) is 5.75 Å². The van der Waals surface area contributed by atoms with Gasteiger partial charge in [-0.2, -0.15) is 18.4 Å². The second-order valence-electron chi connectivity index (χ2n) is 10.7. The lowest BCUT2D eigenvalue weighted by atomic mass is 9.93. The summed E-state index contributed by atoms with van der Waals surface area (Å²) in [5.74, 6) is -2.04. The van der Waals surface area contributed by atoms with Gasteiger partial charge in [0.05, 0.1) is 5.56 Å². The first-order valence-electron chi connectivity index (χ1n) is 13.6. The van der Waals surface area contributed by atoms with Crippen LogP contribution in [0.15, 0.2) is 42.6 Å². The molecule has 3 saturated heterocycles. The van der Waals surface area contributed by atoms with Crippen molar-refractivity contribution in [3.8, 4) is 11.8 Å². The van der Waals surface area contributed by atoms with E-state index in [-0.39, 0.29) is 31.0 Å². The van der Waals surface area contributed by atoms with Gasteiger partial charge in [0.15, 0.2) is 5.92 Å². The molecule has 2 amide bonds. The average Bonchev–Trinajstić information content (AvgIpc) is 3.35. The summed E-state index contributed by atoms with van der Waals surface area (Å²) in [5.41, 5.74) is 5.67. The summed E-state index contributed by atoms with van der Waals surface area (Å²) >= 11 is 0. The topological polar surface area (TPSA) is 114 Å². The van der Waals surface area contributed by atoms with Gasteiger partial charge in [-0.25, -0.2) is 10.4 Å². The molecule has 10 nitrogen and oxygen atoms in total. The Morgan fingerprint density at radius 2 is 1.95 bits per heavy atom. The van der Waals surface area contributed by atoms with Gasteiger partial charge in [-0.15, -0.1) is 0 Å². The third kappa shape index (κ3) is 6.23. The van der Waals surface area contributed by atoms with Gasteiger partial charge >= 0.3 is 6.18 Å². The van der Waals surface area contributed by atoms with Crippen LogP contribution < -0.4 is 20.5 Å². The summed E-state index contributed by atoms with van der Waals surface area (Å²) in [6.07, 6.45) is -2.44.